The summed E-state index contributed by atoms with van der Waals surface area (Å²) in [6.45, 7) is 9.37. The van der Waals surface area contributed by atoms with Gasteiger partial charge in [-0.3, -0.25) is 14.4 Å². The van der Waals surface area contributed by atoms with Crippen molar-refractivity contribution in [1.29, 1.82) is 5.26 Å². The molecule has 4 amide bonds. The maximum atomic E-state index is 13.8. The molecule has 19 heteroatoms. The fraction of sp³-hybridized carbons (Fsp3) is 0.457. The SMILES string of the molecule is COC(=O)c1cc(OC(F)(F)F)ccc1N1CCO[C@H]([C@@H](OC(C)=O)C(=O)Nc2ccc(C#N)c(CN(C(=O)OC(C)(C)C)C(=O)OC(C)(C)C)c2)C1=O. The van der Waals surface area contributed by atoms with Crippen LogP contribution in [0.1, 0.15) is 70.0 Å². The summed E-state index contributed by atoms with van der Waals surface area (Å²) in [5.41, 5.74) is -2.72. The molecule has 1 heterocycles. The summed E-state index contributed by atoms with van der Waals surface area (Å²) in [7, 11) is 0.968. The van der Waals surface area contributed by atoms with Crippen LogP contribution in [0.25, 0.3) is 0 Å². The molecule has 2 atom stereocenters. The van der Waals surface area contributed by atoms with Crippen LogP contribution >= 0.6 is 0 Å². The molecule has 0 unspecified atom stereocenters. The molecule has 0 saturated carbocycles. The average molecular weight is 765 g/mol. The Bertz CT molecular complexity index is 1800. The van der Waals surface area contributed by atoms with Crippen LogP contribution in [0.4, 0.5) is 34.1 Å². The van der Waals surface area contributed by atoms with Crippen LogP contribution in [-0.2, 0) is 44.6 Å². The number of amides is 4. The van der Waals surface area contributed by atoms with Crippen LogP contribution in [0.2, 0.25) is 0 Å². The summed E-state index contributed by atoms with van der Waals surface area (Å²) in [5.74, 6) is -5.00. The number of carbonyl (C=O) groups excluding carboxylic acids is 6. The van der Waals surface area contributed by atoms with E-state index in [9.17, 15) is 47.2 Å². The van der Waals surface area contributed by atoms with Gasteiger partial charge in [-0.1, -0.05) is 0 Å². The van der Waals surface area contributed by atoms with Crippen LogP contribution in [0.3, 0.4) is 0 Å². The number of alkyl halides is 3. The van der Waals surface area contributed by atoms with Crippen molar-refractivity contribution in [3.8, 4) is 11.8 Å². The van der Waals surface area contributed by atoms with Gasteiger partial charge in [0, 0.05) is 19.2 Å². The van der Waals surface area contributed by atoms with E-state index in [0.29, 0.717) is 4.90 Å². The number of imide groups is 1. The predicted molar refractivity (Wildman–Crippen MR) is 180 cm³/mol. The Hall–Kier alpha value is -5.90. The van der Waals surface area contributed by atoms with E-state index in [1.54, 1.807) is 41.5 Å². The number of ether oxygens (including phenoxy) is 6. The number of carbonyl (C=O) groups is 6. The van der Waals surface area contributed by atoms with Gasteiger partial charge in [0.1, 0.15) is 17.0 Å². The lowest BCUT2D eigenvalue weighted by Crippen LogP contribution is -2.56. The first-order valence-corrected chi connectivity index (χ1v) is 16.1. The van der Waals surface area contributed by atoms with Gasteiger partial charge in [0.15, 0.2) is 6.10 Å². The molecule has 0 aromatic heterocycles. The highest BCUT2D eigenvalue weighted by atomic mass is 19.4. The maximum Gasteiger partial charge on any atom is 0.573 e. The third kappa shape index (κ3) is 11.8. The van der Waals surface area contributed by atoms with Crippen molar-refractivity contribution in [2.75, 3.05) is 30.5 Å². The molecule has 0 spiro atoms. The first-order valence-electron chi connectivity index (χ1n) is 16.1. The topological polar surface area (TPSA) is 200 Å². The van der Waals surface area contributed by atoms with Crippen LogP contribution in [0, 0.1) is 11.3 Å². The summed E-state index contributed by atoms with van der Waals surface area (Å²) in [6.07, 6.45) is -11.1. The molecule has 16 nitrogen and oxygen atoms in total. The van der Waals surface area contributed by atoms with Crippen molar-refractivity contribution >= 4 is 47.3 Å². The minimum absolute atomic E-state index is 0.00357. The summed E-state index contributed by atoms with van der Waals surface area (Å²) in [6, 6.07) is 8.34. The Morgan fingerprint density at radius 2 is 1.61 bits per heavy atom. The summed E-state index contributed by atoms with van der Waals surface area (Å²) >= 11 is 0. The molecule has 2 aromatic carbocycles. The fourth-order valence-electron chi connectivity index (χ4n) is 4.85. The molecule has 1 N–H and O–H groups in total. The van der Waals surface area contributed by atoms with E-state index in [-0.39, 0.29) is 35.7 Å². The highest BCUT2D eigenvalue weighted by Gasteiger charge is 2.44. The molecule has 0 radical (unpaired) electrons. The monoisotopic (exact) mass is 764 g/mol. The lowest BCUT2D eigenvalue weighted by molar-refractivity contribution is -0.274. The largest absolute Gasteiger partial charge is 0.573 e. The number of halogens is 3. The maximum absolute atomic E-state index is 13.8. The van der Waals surface area contributed by atoms with Gasteiger partial charge in [-0.15, -0.1) is 13.2 Å². The molecule has 2 aromatic rings. The van der Waals surface area contributed by atoms with Crippen LogP contribution in [-0.4, -0.2) is 90.9 Å². The molecule has 0 bridgehead atoms. The van der Waals surface area contributed by atoms with E-state index in [0.717, 1.165) is 37.1 Å². The van der Waals surface area contributed by atoms with Crippen molar-refractivity contribution in [2.24, 2.45) is 0 Å². The Morgan fingerprint density at radius 3 is 2.13 bits per heavy atom. The molecule has 292 valence electrons. The van der Waals surface area contributed by atoms with Crippen LogP contribution < -0.4 is 15.0 Å². The quantitative estimate of drug-likeness (QED) is 0.258. The van der Waals surface area contributed by atoms with E-state index < -0.39 is 83.6 Å². The Morgan fingerprint density at radius 1 is 1.00 bits per heavy atom. The van der Waals surface area contributed by atoms with Gasteiger partial charge >= 0.3 is 30.5 Å². The number of morpholine rings is 1. The first kappa shape index (κ1) is 42.5. The fourth-order valence-corrected chi connectivity index (χ4v) is 4.85. The molecule has 0 aliphatic carbocycles. The second-order valence-corrected chi connectivity index (χ2v) is 13.5. The Labute approximate surface area is 307 Å². The van der Waals surface area contributed by atoms with Gasteiger partial charge < -0.3 is 38.6 Å². The van der Waals surface area contributed by atoms with Crippen LogP contribution in [0.15, 0.2) is 36.4 Å². The lowest BCUT2D eigenvalue weighted by Gasteiger charge is -2.35. The van der Waals surface area contributed by atoms with Crippen molar-refractivity contribution in [3.05, 3.63) is 53.1 Å². The Kier molecular flexibility index (Phi) is 13.3. The zero-order chi connectivity index (χ0) is 40.8. The third-order valence-corrected chi connectivity index (χ3v) is 6.90. The zero-order valence-electron chi connectivity index (χ0n) is 30.6. The highest BCUT2D eigenvalue weighted by molar-refractivity contribution is 6.08. The van der Waals surface area contributed by atoms with Gasteiger partial charge in [0.05, 0.1) is 43.1 Å². The van der Waals surface area contributed by atoms with E-state index in [2.05, 4.69) is 14.8 Å². The first-order chi connectivity index (χ1) is 24.9. The molecule has 1 fully saturated rings. The summed E-state index contributed by atoms with van der Waals surface area (Å²) in [5, 5.41) is 12.3. The molecule has 3 rings (SSSR count). The molecule has 1 aliphatic rings. The smallest absolute Gasteiger partial charge is 0.465 e. The normalized spacial score (nSPS) is 15.3. The standard InChI is InChI=1S/C35H39F3N4O12/c1-19(43)51-26(27-29(45)41(13-14-50-27)25-12-11-23(52-35(36,37)38)16-24(25)30(46)49-8)28(44)40-22-10-9-20(17-39)21(15-22)18-42(31(47)53-33(2,3)4)32(48)54-34(5,6)7/h9-12,15-16,26-27H,13-14,18H2,1-8H3,(H,40,44)/t26-,27-/m1/s1. The number of methoxy groups -OCH3 is 1. The number of hydrogen-bond donors (Lipinski definition) is 1. The van der Waals surface area contributed by atoms with Gasteiger partial charge in [-0.25, -0.2) is 19.3 Å². The molecule has 1 aliphatic heterocycles. The Balaban J connectivity index is 1.97. The lowest BCUT2D eigenvalue weighted by atomic mass is 10.1. The number of esters is 2. The summed E-state index contributed by atoms with van der Waals surface area (Å²) < 4.78 is 68.7. The van der Waals surface area contributed by atoms with Gasteiger partial charge in [0.25, 0.3) is 11.8 Å². The van der Waals surface area contributed by atoms with Gasteiger partial charge in [-0.05, 0) is 83.5 Å². The van der Waals surface area contributed by atoms with E-state index in [1.165, 1.54) is 18.2 Å². The number of rotatable bonds is 9. The number of benzene rings is 2. The van der Waals surface area contributed by atoms with E-state index >= 15 is 0 Å². The number of hydrogen-bond acceptors (Lipinski definition) is 13. The number of anilines is 2. The van der Waals surface area contributed by atoms with Gasteiger partial charge in [-0.2, -0.15) is 5.26 Å². The summed E-state index contributed by atoms with van der Waals surface area (Å²) in [4.78, 5) is 80.0. The van der Waals surface area contributed by atoms with Gasteiger partial charge in [0.2, 0.25) is 6.10 Å². The molecule has 54 heavy (non-hydrogen) atoms. The zero-order valence-corrected chi connectivity index (χ0v) is 30.6. The second kappa shape index (κ2) is 16.8. The average Bonchev–Trinajstić information content (AvgIpc) is 3.03. The predicted octanol–water partition coefficient (Wildman–Crippen LogP) is 5.22. The minimum Gasteiger partial charge on any atom is -0.465 e. The van der Waals surface area contributed by atoms with E-state index in [1.807, 2.05) is 6.07 Å². The number of nitrogens with zero attached hydrogens (tertiary/aromatic N) is 3. The van der Waals surface area contributed by atoms with Crippen molar-refractivity contribution in [3.63, 3.8) is 0 Å². The van der Waals surface area contributed by atoms with E-state index in [4.69, 9.17) is 18.9 Å². The second-order valence-electron chi connectivity index (χ2n) is 13.5. The van der Waals surface area contributed by atoms with Crippen molar-refractivity contribution < 1.29 is 70.4 Å². The van der Waals surface area contributed by atoms with Crippen LogP contribution in [0.5, 0.6) is 5.75 Å². The molecular formula is C35H39F3N4O12. The highest BCUT2D eigenvalue weighted by Crippen LogP contribution is 2.32. The number of nitrogens with one attached hydrogen (secondary N) is 1. The van der Waals surface area contributed by atoms with Crippen molar-refractivity contribution in [1.82, 2.24) is 4.90 Å². The van der Waals surface area contributed by atoms with Crippen molar-refractivity contribution in [2.45, 2.75) is 84.8 Å². The molecular weight excluding hydrogens is 725 g/mol. The third-order valence-electron chi connectivity index (χ3n) is 6.90. The molecule has 1 saturated heterocycles. The minimum atomic E-state index is -5.09. The number of nitriles is 1.